The lowest BCUT2D eigenvalue weighted by atomic mass is 10.3. The van der Waals surface area contributed by atoms with E-state index in [1.807, 2.05) is 6.07 Å². The fourth-order valence-electron chi connectivity index (χ4n) is 1.62. The Morgan fingerprint density at radius 2 is 1.69 bits per heavy atom. The molecule has 0 aliphatic rings. The molecule has 0 radical (unpaired) electrons. The third-order valence-corrected chi connectivity index (χ3v) is 2.81. The molecule has 1 aromatic rings. The van der Waals surface area contributed by atoms with Crippen molar-refractivity contribution in [3.8, 4) is 5.75 Å². The number of ether oxygens (including phenoxy) is 4. The van der Waals surface area contributed by atoms with Crippen LogP contribution in [0.15, 0.2) is 55.6 Å². The molecule has 26 heavy (non-hydrogen) atoms. The van der Waals surface area contributed by atoms with Crippen LogP contribution in [-0.4, -0.2) is 50.5 Å². The van der Waals surface area contributed by atoms with Crippen molar-refractivity contribution in [2.24, 2.45) is 0 Å². The smallest absolute Gasteiger partial charge is 0.407 e. The van der Waals surface area contributed by atoms with Gasteiger partial charge in [0.1, 0.15) is 25.6 Å². The van der Waals surface area contributed by atoms with Gasteiger partial charge in [-0.15, -0.1) is 0 Å². The monoisotopic (exact) mass is 363 g/mol. The van der Waals surface area contributed by atoms with Crippen molar-refractivity contribution in [1.82, 2.24) is 5.32 Å². The molecule has 0 aliphatic heterocycles. The van der Waals surface area contributed by atoms with Gasteiger partial charge in [0.15, 0.2) is 6.10 Å². The molecule has 8 nitrogen and oxygen atoms in total. The molecule has 1 atom stereocenters. The van der Waals surface area contributed by atoms with Crippen LogP contribution in [0.2, 0.25) is 0 Å². The van der Waals surface area contributed by atoms with Crippen LogP contribution in [0.3, 0.4) is 0 Å². The van der Waals surface area contributed by atoms with Crippen LogP contribution in [0.1, 0.15) is 0 Å². The van der Waals surface area contributed by atoms with Gasteiger partial charge in [0.05, 0.1) is 6.54 Å². The minimum atomic E-state index is -0.815. The molecule has 0 heterocycles. The first-order valence-corrected chi connectivity index (χ1v) is 7.76. The van der Waals surface area contributed by atoms with Gasteiger partial charge in [-0.3, -0.25) is 0 Å². The summed E-state index contributed by atoms with van der Waals surface area (Å²) in [6, 6.07) is 8.91. The van der Waals surface area contributed by atoms with Gasteiger partial charge in [0.25, 0.3) is 0 Å². The minimum Gasteiger partial charge on any atom is -0.490 e. The van der Waals surface area contributed by atoms with Crippen LogP contribution in [0.25, 0.3) is 0 Å². The maximum atomic E-state index is 11.6. The molecule has 0 aliphatic carbocycles. The molecule has 0 saturated carbocycles. The molecule has 0 saturated heterocycles. The topological polar surface area (TPSA) is 100 Å². The predicted octanol–water partition coefficient (Wildman–Crippen LogP) is 1.62. The minimum absolute atomic E-state index is 0.00613. The molecule has 1 aromatic carbocycles. The average molecular weight is 363 g/mol. The van der Waals surface area contributed by atoms with Crippen LogP contribution < -0.4 is 10.1 Å². The van der Waals surface area contributed by atoms with E-state index in [2.05, 4.69) is 18.5 Å². The average Bonchev–Trinajstić information content (AvgIpc) is 2.67. The van der Waals surface area contributed by atoms with E-state index in [1.165, 1.54) is 0 Å². The highest BCUT2D eigenvalue weighted by molar-refractivity contribution is 5.81. The first-order chi connectivity index (χ1) is 12.5. The fraction of sp³-hybridized carbons (Fsp3) is 0.278. The third kappa shape index (κ3) is 9.11. The Morgan fingerprint density at radius 3 is 2.35 bits per heavy atom. The number of hydrogen-bond donors (Lipinski definition) is 1. The van der Waals surface area contributed by atoms with Crippen molar-refractivity contribution in [2.45, 2.75) is 6.10 Å². The van der Waals surface area contributed by atoms with E-state index in [1.54, 1.807) is 24.3 Å². The maximum Gasteiger partial charge on any atom is 0.407 e. The van der Waals surface area contributed by atoms with Crippen LogP contribution in [0.5, 0.6) is 5.75 Å². The second-order valence-electron chi connectivity index (χ2n) is 4.78. The van der Waals surface area contributed by atoms with E-state index in [4.69, 9.17) is 18.9 Å². The number of benzene rings is 1. The van der Waals surface area contributed by atoms with E-state index >= 15 is 0 Å². The van der Waals surface area contributed by atoms with Crippen molar-refractivity contribution in [3.63, 3.8) is 0 Å². The number of alkyl carbamates (subject to hydrolysis) is 1. The van der Waals surface area contributed by atoms with Crippen molar-refractivity contribution in [3.05, 3.63) is 55.6 Å². The third-order valence-electron chi connectivity index (χ3n) is 2.81. The normalized spacial score (nSPS) is 10.8. The molecule has 1 N–H and O–H groups in total. The van der Waals surface area contributed by atoms with Crippen molar-refractivity contribution < 1.29 is 33.3 Å². The molecule has 140 valence electrons. The number of nitrogens with one attached hydrogen (secondary N) is 1. The summed E-state index contributed by atoms with van der Waals surface area (Å²) in [7, 11) is 0. The predicted molar refractivity (Wildman–Crippen MR) is 92.5 cm³/mol. The second kappa shape index (κ2) is 12.1. The van der Waals surface area contributed by atoms with E-state index in [9.17, 15) is 14.4 Å². The van der Waals surface area contributed by atoms with E-state index in [0.717, 1.165) is 12.2 Å². The zero-order valence-corrected chi connectivity index (χ0v) is 14.2. The summed E-state index contributed by atoms with van der Waals surface area (Å²) in [6.07, 6.45) is 0.455. The van der Waals surface area contributed by atoms with Crippen LogP contribution in [0, 0.1) is 0 Å². The molecular weight excluding hydrogens is 342 g/mol. The summed E-state index contributed by atoms with van der Waals surface area (Å²) < 4.78 is 20.2. The number of carbonyl (C=O) groups is 3. The zero-order valence-electron chi connectivity index (χ0n) is 14.2. The summed E-state index contributed by atoms with van der Waals surface area (Å²) in [5.74, 6) is -0.665. The SMILES string of the molecule is C=CC(=O)OCCNC(=O)OCC(COc1ccccc1)OC(=O)C=C. The summed E-state index contributed by atoms with van der Waals surface area (Å²) in [5.41, 5.74) is 0. The van der Waals surface area contributed by atoms with Gasteiger partial charge in [0, 0.05) is 12.2 Å². The first kappa shape index (κ1) is 20.8. The second-order valence-corrected chi connectivity index (χ2v) is 4.78. The standard InChI is InChI=1S/C18H21NO7/c1-3-16(20)23-11-10-19-18(22)25-13-15(26-17(21)4-2)12-24-14-8-6-5-7-9-14/h3-9,15H,1-2,10-13H2,(H,19,22). The first-order valence-electron chi connectivity index (χ1n) is 7.76. The quantitative estimate of drug-likeness (QED) is 0.276. The number of hydrogen-bond acceptors (Lipinski definition) is 7. The van der Waals surface area contributed by atoms with E-state index in [-0.39, 0.29) is 26.4 Å². The number of carbonyl (C=O) groups excluding carboxylic acids is 3. The Labute approximate surface area is 151 Å². The lowest BCUT2D eigenvalue weighted by Gasteiger charge is -2.18. The lowest BCUT2D eigenvalue weighted by molar-refractivity contribution is -0.146. The molecule has 0 spiro atoms. The number of amides is 1. The van der Waals surface area contributed by atoms with Gasteiger partial charge in [-0.05, 0) is 12.1 Å². The molecule has 8 heteroatoms. The highest BCUT2D eigenvalue weighted by atomic mass is 16.6. The van der Waals surface area contributed by atoms with Gasteiger partial charge in [-0.2, -0.15) is 0 Å². The van der Waals surface area contributed by atoms with E-state index in [0.29, 0.717) is 5.75 Å². The summed E-state index contributed by atoms with van der Waals surface area (Å²) >= 11 is 0. The van der Waals surface area contributed by atoms with Gasteiger partial charge < -0.3 is 24.3 Å². The van der Waals surface area contributed by atoms with E-state index < -0.39 is 24.1 Å². The van der Waals surface area contributed by atoms with Crippen LogP contribution >= 0.6 is 0 Å². The molecule has 1 rings (SSSR count). The van der Waals surface area contributed by atoms with Crippen molar-refractivity contribution >= 4 is 18.0 Å². The van der Waals surface area contributed by atoms with Crippen LogP contribution in [-0.2, 0) is 23.8 Å². The molecule has 1 amide bonds. The summed E-state index contributed by atoms with van der Waals surface area (Å²) in [6.45, 7) is 6.38. The number of para-hydroxylation sites is 1. The zero-order chi connectivity index (χ0) is 19.2. The number of rotatable bonds is 11. The Bertz CT molecular complexity index is 615. The van der Waals surface area contributed by atoms with Gasteiger partial charge in [-0.25, -0.2) is 14.4 Å². The largest absolute Gasteiger partial charge is 0.490 e. The lowest BCUT2D eigenvalue weighted by Crippen LogP contribution is -2.34. The fourth-order valence-corrected chi connectivity index (χ4v) is 1.62. The van der Waals surface area contributed by atoms with Crippen molar-refractivity contribution in [2.75, 3.05) is 26.4 Å². The van der Waals surface area contributed by atoms with Gasteiger partial charge in [-0.1, -0.05) is 31.4 Å². The number of esters is 2. The molecule has 0 bridgehead atoms. The highest BCUT2D eigenvalue weighted by Gasteiger charge is 2.17. The molecule has 0 aromatic heterocycles. The highest BCUT2D eigenvalue weighted by Crippen LogP contribution is 2.09. The Balaban J connectivity index is 2.37. The summed E-state index contributed by atoms with van der Waals surface area (Å²) in [4.78, 5) is 33.8. The molecule has 1 unspecified atom stereocenters. The van der Waals surface area contributed by atoms with Gasteiger partial charge >= 0.3 is 18.0 Å². The van der Waals surface area contributed by atoms with Crippen molar-refractivity contribution in [1.29, 1.82) is 0 Å². The van der Waals surface area contributed by atoms with Gasteiger partial charge in [0.2, 0.25) is 0 Å². The Hall–Kier alpha value is -3.29. The summed E-state index contributed by atoms with van der Waals surface area (Å²) in [5, 5.41) is 2.38. The maximum absolute atomic E-state index is 11.6. The van der Waals surface area contributed by atoms with Crippen LogP contribution in [0.4, 0.5) is 4.79 Å². The molecular formula is C18H21NO7. The Morgan fingerprint density at radius 1 is 1.00 bits per heavy atom. The Kier molecular flexibility index (Phi) is 9.68. The molecule has 0 fully saturated rings.